The largest absolute Gasteiger partial charge is 0.508 e. The van der Waals surface area contributed by atoms with Crippen LogP contribution in [0.2, 0.25) is 0 Å². The zero-order chi connectivity index (χ0) is 29.1. The summed E-state index contributed by atoms with van der Waals surface area (Å²) in [5.74, 6) is -1.29. The highest BCUT2D eigenvalue weighted by Crippen LogP contribution is 2.37. The second-order valence-electron chi connectivity index (χ2n) is 9.35. The number of hydrogen-bond donors (Lipinski definition) is 1. The summed E-state index contributed by atoms with van der Waals surface area (Å²) in [6.07, 6.45) is -7.08. The lowest BCUT2D eigenvalue weighted by atomic mass is 9.99. The molecule has 5 nitrogen and oxygen atoms in total. The Morgan fingerprint density at radius 2 is 1.45 bits per heavy atom. The summed E-state index contributed by atoms with van der Waals surface area (Å²) in [5.41, 5.74) is -2.44. The van der Waals surface area contributed by atoms with E-state index < -0.39 is 41.0 Å². The maximum absolute atomic E-state index is 13.4. The summed E-state index contributed by atoms with van der Waals surface area (Å²) >= 11 is 0. The standard InChI is InChI=1S/C29H24F6N2O3/c30-28(31,32)22-15-21(16-23(17-22)29(33,34)35)27(40)37-13-12-36(18-24(37)14-20-4-2-1-3-5-20)26(39)11-8-19-6-9-25(38)10-7-19/h1-11,15-17,24,38H,12-14,18H2/b11-8+/t24-/m1/s1. The van der Waals surface area contributed by atoms with Gasteiger partial charge in [0.25, 0.3) is 5.91 Å². The Balaban J connectivity index is 1.62. The molecule has 1 aliphatic heterocycles. The molecule has 0 radical (unpaired) electrons. The number of phenolic OH excluding ortho intramolecular Hbond substituents is 1. The van der Waals surface area contributed by atoms with Gasteiger partial charge < -0.3 is 14.9 Å². The van der Waals surface area contributed by atoms with Crippen molar-refractivity contribution in [3.05, 3.63) is 107 Å². The van der Waals surface area contributed by atoms with Crippen LogP contribution < -0.4 is 0 Å². The van der Waals surface area contributed by atoms with Crippen LogP contribution in [0.1, 0.15) is 32.6 Å². The predicted molar refractivity (Wildman–Crippen MR) is 135 cm³/mol. The monoisotopic (exact) mass is 562 g/mol. The van der Waals surface area contributed by atoms with Gasteiger partial charge in [0, 0.05) is 31.3 Å². The van der Waals surface area contributed by atoms with Gasteiger partial charge in [0.2, 0.25) is 5.91 Å². The van der Waals surface area contributed by atoms with Crippen LogP contribution in [0.3, 0.4) is 0 Å². The van der Waals surface area contributed by atoms with E-state index in [1.807, 2.05) is 0 Å². The molecular weight excluding hydrogens is 538 g/mol. The molecule has 1 atom stereocenters. The SMILES string of the molecule is O=C(/C=C/c1ccc(O)cc1)N1CCN(C(=O)c2cc(C(F)(F)F)cc(C(F)(F)F)c2)[C@H](Cc2ccccc2)C1. The van der Waals surface area contributed by atoms with Gasteiger partial charge in [0.1, 0.15) is 5.75 Å². The number of carbonyl (C=O) groups is 2. The predicted octanol–water partition coefficient (Wildman–Crippen LogP) is 6.04. The molecule has 1 fully saturated rings. The maximum Gasteiger partial charge on any atom is 0.416 e. The van der Waals surface area contributed by atoms with Crippen molar-refractivity contribution in [3.63, 3.8) is 0 Å². The number of nitrogens with zero attached hydrogens (tertiary/aromatic N) is 2. The molecule has 0 aliphatic carbocycles. The Morgan fingerprint density at radius 1 is 0.850 bits per heavy atom. The van der Waals surface area contributed by atoms with Gasteiger partial charge in [-0.05, 0) is 54.0 Å². The lowest BCUT2D eigenvalue weighted by Crippen LogP contribution is -2.57. The summed E-state index contributed by atoms with van der Waals surface area (Å²) in [7, 11) is 0. The third kappa shape index (κ3) is 7.02. The average Bonchev–Trinajstić information content (AvgIpc) is 2.91. The highest BCUT2D eigenvalue weighted by Gasteiger charge is 2.39. The molecule has 4 rings (SSSR count). The third-order valence-corrected chi connectivity index (χ3v) is 6.52. The highest BCUT2D eigenvalue weighted by molar-refractivity contribution is 5.96. The molecule has 0 saturated carbocycles. The quantitative estimate of drug-likeness (QED) is 0.305. The summed E-state index contributed by atoms with van der Waals surface area (Å²) in [6, 6.07) is 15.1. The van der Waals surface area contributed by atoms with Crippen molar-refractivity contribution in [1.82, 2.24) is 9.80 Å². The van der Waals surface area contributed by atoms with Crippen LogP contribution in [-0.4, -0.2) is 52.4 Å². The number of amides is 2. The number of piperazine rings is 1. The topological polar surface area (TPSA) is 60.9 Å². The molecule has 3 aromatic carbocycles. The van der Waals surface area contributed by atoms with E-state index in [4.69, 9.17) is 0 Å². The van der Waals surface area contributed by atoms with E-state index in [0.717, 1.165) is 5.56 Å². The van der Waals surface area contributed by atoms with Gasteiger partial charge >= 0.3 is 12.4 Å². The van der Waals surface area contributed by atoms with Crippen molar-refractivity contribution in [2.24, 2.45) is 0 Å². The Kier molecular flexibility index (Phi) is 8.22. The van der Waals surface area contributed by atoms with Crippen LogP contribution in [0.4, 0.5) is 26.3 Å². The van der Waals surface area contributed by atoms with Crippen LogP contribution in [0.15, 0.2) is 78.9 Å². The number of hydrogen-bond acceptors (Lipinski definition) is 3. The van der Waals surface area contributed by atoms with Crippen LogP contribution in [0.5, 0.6) is 5.75 Å². The Labute approximate surface area is 225 Å². The van der Waals surface area contributed by atoms with Crippen LogP contribution in [0, 0.1) is 0 Å². The first-order chi connectivity index (χ1) is 18.8. The van der Waals surface area contributed by atoms with E-state index in [2.05, 4.69) is 0 Å². The normalized spacial score (nSPS) is 16.4. The number of rotatable bonds is 5. The summed E-state index contributed by atoms with van der Waals surface area (Å²) in [4.78, 5) is 29.1. The van der Waals surface area contributed by atoms with Crippen LogP contribution in [0.25, 0.3) is 6.08 Å². The van der Waals surface area contributed by atoms with Crippen molar-refractivity contribution in [2.75, 3.05) is 19.6 Å². The Bertz CT molecular complexity index is 1350. The zero-order valence-corrected chi connectivity index (χ0v) is 20.9. The van der Waals surface area contributed by atoms with Crippen LogP contribution >= 0.6 is 0 Å². The molecule has 1 heterocycles. The lowest BCUT2D eigenvalue weighted by molar-refractivity contribution is -0.143. The van der Waals surface area contributed by atoms with E-state index in [1.165, 1.54) is 28.0 Å². The van der Waals surface area contributed by atoms with E-state index in [0.29, 0.717) is 17.7 Å². The molecule has 210 valence electrons. The first-order valence-corrected chi connectivity index (χ1v) is 12.2. The molecule has 3 aromatic rings. The third-order valence-electron chi connectivity index (χ3n) is 6.52. The molecule has 2 amide bonds. The van der Waals surface area contributed by atoms with Gasteiger partial charge in [-0.25, -0.2) is 0 Å². The molecule has 0 spiro atoms. The second kappa shape index (κ2) is 11.4. The minimum atomic E-state index is -5.09. The smallest absolute Gasteiger partial charge is 0.416 e. The summed E-state index contributed by atoms with van der Waals surface area (Å²) in [5, 5.41) is 9.41. The molecule has 0 unspecified atom stereocenters. The van der Waals surface area contributed by atoms with Gasteiger partial charge in [-0.15, -0.1) is 0 Å². The Morgan fingerprint density at radius 3 is 2.02 bits per heavy atom. The molecule has 1 saturated heterocycles. The fraction of sp³-hybridized carbons (Fsp3) is 0.241. The maximum atomic E-state index is 13.4. The number of aromatic hydroxyl groups is 1. The number of alkyl halides is 6. The fourth-order valence-electron chi connectivity index (χ4n) is 4.49. The molecule has 1 aliphatic rings. The Hall–Kier alpha value is -4.28. The first kappa shape index (κ1) is 28.7. The van der Waals surface area contributed by atoms with Gasteiger partial charge in [-0.2, -0.15) is 26.3 Å². The zero-order valence-electron chi connectivity index (χ0n) is 20.9. The van der Waals surface area contributed by atoms with E-state index in [1.54, 1.807) is 48.5 Å². The summed E-state index contributed by atoms with van der Waals surface area (Å²) in [6.45, 7) is -0.0436. The van der Waals surface area contributed by atoms with Crippen LogP contribution in [-0.2, 0) is 23.6 Å². The van der Waals surface area contributed by atoms with Crippen molar-refractivity contribution >= 4 is 17.9 Å². The average molecular weight is 563 g/mol. The van der Waals surface area contributed by atoms with Gasteiger partial charge in [0.05, 0.1) is 17.2 Å². The fourth-order valence-corrected chi connectivity index (χ4v) is 4.49. The minimum absolute atomic E-state index is 0.0183. The second-order valence-corrected chi connectivity index (χ2v) is 9.35. The first-order valence-electron chi connectivity index (χ1n) is 12.2. The van der Waals surface area contributed by atoms with Gasteiger partial charge in [-0.1, -0.05) is 42.5 Å². The van der Waals surface area contributed by atoms with Crippen molar-refractivity contribution in [2.45, 2.75) is 24.8 Å². The number of benzene rings is 3. The molecule has 0 aromatic heterocycles. The van der Waals surface area contributed by atoms with Crippen molar-refractivity contribution in [1.29, 1.82) is 0 Å². The highest BCUT2D eigenvalue weighted by atomic mass is 19.4. The van der Waals surface area contributed by atoms with Crippen molar-refractivity contribution < 1.29 is 41.0 Å². The number of halogens is 6. The van der Waals surface area contributed by atoms with E-state index in [-0.39, 0.29) is 43.8 Å². The lowest BCUT2D eigenvalue weighted by Gasteiger charge is -2.41. The number of carbonyl (C=O) groups excluding carboxylic acids is 2. The summed E-state index contributed by atoms with van der Waals surface area (Å²) < 4.78 is 80.4. The molecular formula is C29H24F6N2O3. The van der Waals surface area contributed by atoms with Gasteiger partial charge in [-0.3, -0.25) is 9.59 Å². The molecule has 40 heavy (non-hydrogen) atoms. The number of phenols is 1. The van der Waals surface area contributed by atoms with Gasteiger partial charge in [0.15, 0.2) is 0 Å². The van der Waals surface area contributed by atoms with Crippen molar-refractivity contribution in [3.8, 4) is 5.75 Å². The minimum Gasteiger partial charge on any atom is -0.508 e. The van der Waals surface area contributed by atoms with E-state index >= 15 is 0 Å². The van der Waals surface area contributed by atoms with E-state index in [9.17, 15) is 41.0 Å². The molecule has 11 heteroatoms. The molecule has 0 bridgehead atoms. The molecule has 1 N–H and O–H groups in total.